The second-order valence-corrected chi connectivity index (χ2v) is 6.75. The van der Waals surface area contributed by atoms with Crippen molar-refractivity contribution < 1.29 is 9.18 Å². The summed E-state index contributed by atoms with van der Waals surface area (Å²) in [6.07, 6.45) is 10.9. The molecule has 1 aliphatic rings. The molecule has 0 bridgehead atoms. The van der Waals surface area contributed by atoms with Gasteiger partial charge in [-0.05, 0) is 30.5 Å². The van der Waals surface area contributed by atoms with Gasteiger partial charge in [-0.1, -0.05) is 12.1 Å². The Labute approximate surface area is 156 Å². The molecular formula is C20H20FN5O. The Bertz CT molecular complexity index is 910. The molecule has 1 atom stereocenters. The molecule has 1 aromatic carbocycles. The molecule has 4 rings (SSSR count). The van der Waals surface area contributed by atoms with Crippen LogP contribution in [0.3, 0.4) is 0 Å². The van der Waals surface area contributed by atoms with E-state index in [1.165, 1.54) is 12.1 Å². The molecule has 1 amide bonds. The Morgan fingerprint density at radius 3 is 2.81 bits per heavy atom. The quantitative estimate of drug-likeness (QED) is 0.713. The fraction of sp³-hybridized carbons (Fsp3) is 0.300. The van der Waals surface area contributed by atoms with Crippen molar-refractivity contribution in [3.63, 3.8) is 0 Å². The van der Waals surface area contributed by atoms with Crippen LogP contribution in [0.5, 0.6) is 0 Å². The highest BCUT2D eigenvalue weighted by Crippen LogP contribution is 2.26. The Morgan fingerprint density at radius 2 is 2.04 bits per heavy atom. The lowest BCUT2D eigenvalue weighted by atomic mass is 9.94. The summed E-state index contributed by atoms with van der Waals surface area (Å²) in [5.74, 6) is 0.650. The normalized spacial score (nSPS) is 17.1. The van der Waals surface area contributed by atoms with Gasteiger partial charge in [0.05, 0.1) is 18.3 Å². The minimum atomic E-state index is -0.291. The summed E-state index contributed by atoms with van der Waals surface area (Å²) in [6.45, 7) is 1.37. The molecule has 3 heterocycles. The molecule has 27 heavy (non-hydrogen) atoms. The van der Waals surface area contributed by atoms with E-state index in [0.717, 1.165) is 36.5 Å². The summed E-state index contributed by atoms with van der Waals surface area (Å²) in [4.78, 5) is 27.6. The Kier molecular flexibility index (Phi) is 4.91. The van der Waals surface area contributed by atoms with Gasteiger partial charge >= 0.3 is 0 Å². The predicted octanol–water partition coefficient (Wildman–Crippen LogP) is 2.75. The monoisotopic (exact) mass is 365 g/mol. The Hall–Kier alpha value is -3.09. The van der Waals surface area contributed by atoms with Gasteiger partial charge in [0.25, 0.3) is 0 Å². The summed E-state index contributed by atoms with van der Waals surface area (Å²) in [5.41, 5.74) is 1.71. The second-order valence-electron chi connectivity index (χ2n) is 6.75. The Morgan fingerprint density at radius 1 is 1.19 bits per heavy atom. The largest absolute Gasteiger partial charge is 0.342 e. The highest BCUT2D eigenvalue weighted by atomic mass is 19.1. The zero-order valence-corrected chi connectivity index (χ0v) is 14.8. The fourth-order valence-electron chi connectivity index (χ4n) is 3.42. The van der Waals surface area contributed by atoms with Crippen LogP contribution in [0, 0.1) is 5.82 Å². The van der Waals surface area contributed by atoms with Gasteiger partial charge in [-0.2, -0.15) is 0 Å². The summed E-state index contributed by atoms with van der Waals surface area (Å²) >= 11 is 0. The third kappa shape index (κ3) is 4.02. The molecule has 0 radical (unpaired) electrons. The number of rotatable bonds is 4. The SMILES string of the molecule is O=C(Cc1ccc(F)cc1)N1CCCC(c2cncc(-n3ccnc3)n2)C1. The van der Waals surface area contributed by atoms with Gasteiger partial charge in [-0.15, -0.1) is 0 Å². The number of carbonyl (C=O) groups is 1. The number of amides is 1. The maximum absolute atomic E-state index is 13.0. The number of imidazole rings is 1. The van der Waals surface area contributed by atoms with Crippen LogP contribution in [0.25, 0.3) is 5.82 Å². The van der Waals surface area contributed by atoms with Gasteiger partial charge in [0.1, 0.15) is 12.1 Å². The minimum absolute atomic E-state index is 0.0602. The van der Waals surface area contributed by atoms with Crippen LogP contribution < -0.4 is 0 Å². The van der Waals surface area contributed by atoms with Crippen LogP contribution in [-0.2, 0) is 11.2 Å². The molecule has 1 fully saturated rings. The molecule has 2 aromatic heterocycles. The van der Waals surface area contributed by atoms with E-state index in [1.54, 1.807) is 37.1 Å². The number of hydrogen-bond donors (Lipinski definition) is 0. The van der Waals surface area contributed by atoms with Gasteiger partial charge in [-0.25, -0.2) is 14.4 Å². The van der Waals surface area contributed by atoms with Crippen molar-refractivity contribution in [3.05, 3.63) is 72.5 Å². The highest BCUT2D eigenvalue weighted by molar-refractivity contribution is 5.79. The maximum Gasteiger partial charge on any atom is 0.227 e. The van der Waals surface area contributed by atoms with Crippen LogP contribution >= 0.6 is 0 Å². The lowest BCUT2D eigenvalue weighted by Crippen LogP contribution is -2.40. The first-order valence-electron chi connectivity index (χ1n) is 9.01. The number of likely N-dealkylation sites (tertiary alicyclic amines) is 1. The van der Waals surface area contributed by atoms with Crippen molar-refractivity contribution in [2.24, 2.45) is 0 Å². The van der Waals surface area contributed by atoms with Gasteiger partial charge < -0.3 is 4.90 Å². The van der Waals surface area contributed by atoms with E-state index in [0.29, 0.717) is 6.54 Å². The first-order chi connectivity index (χ1) is 13.2. The first-order valence-corrected chi connectivity index (χ1v) is 9.01. The topological polar surface area (TPSA) is 63.9 Å². The molecule has 0 aliphatic carbocycles. The Balaban J connectivity index is 1.45. The molecular weight excluding hydrogens is 345 g/mol. The van der Waals surface area contributed by atoms with E-state index in [2.05, 4.69) is 9.97 Å². The zero-order valence-electron chi connectivity index (χ0n) is 14.8. The third-order valence-corrected chi connectivity index (χ3v) is 4.87. The summed E-state index contributed by atoms with van der Waals surface area (Å²) in [6, 6.07) is 6.10. The van der Waals surface area contributed by atoms with Gasteiger partial charge in [-0.3, -0.25) is 14.3 Å². The first kappa shape index (κ1) is 17.3. The smallest absolute Gasteiger partial charge is 0.227 e. The van der Waals surface area contributed by atoms with Crippen LogP contribution in [-0.4, -0.2) is 43.4 Å². The van der Waals surface area contributed by atoms with E-state index in [-0.39, 0.29) is 24.1 Å². The lowest BCUT2D eigenvalue weighted by Gasteiger charge is -2.32. The molecule has 0 N–H and O–H groups in total. The molecule has 6 nitrogen and oxygen atoms in total. The van der Waals surface area contributed by atoms with Crippen LogP contribution in [0.15, 0.2) is 55.4 Å². The van der Waals surface area contributed by atoms with Crippen molar-refractivity contribution >= 4 is 5.91 Å². The third-order valence-electron chi connectivity index (χ3n) is 4.87. The predicted molar refractivity (Wildman–Crippen MR) is 97.8 cm³/mol. The van der Waals surface area contributed by atoms with Crippen LogP contribution in [0.1, 0.15) is 30.0 Å². The van der Waals surface area contributed by atoms with Crippen molar-refractivity contribution in [2.45, 2.75) is 25.2 Å². The van der Waals surface area contributed by atoms with E-state index in [4.69, 9.17) is 4.98 Å². The zero-order chi connectivity index (χ0) is 18.6. The highest BCUT2D eigenvalue weighted by Gasteiger charge is 2.26. The molecule has 7 heteroatoms. The second kappa shape index (κ2) is 7.65. The number of piperidine rings is 1. The lowest BCUT2D eigenvalue weighted by molar-refractivity contribution is -0.131. The standard InChI is InChI=1S/C20H20FN5O/c21-17-5-3-15(4-6-17)10-20(27)25-8-1-2-16(13-25)18-11-23-12-19(24-18)26-9-7-22-14-26/h3-7,9,11-12,14,16H,1-2,8,10,13H2. The average molecular weight is 365 g/mol. The maximum atomic E-state index is 13.0. The number of carbonyl (C=O) groups excluding carboxylic acids is 1. The molecule has 0 spiro atoms. The summed E-state index contributed by atoms with van der Waals surface area (Å²) in [5, 5.41) is 0. The molecule has 0 saturated carbocycles. The molecule has 1 saturated heterocycles. The number of halogens is 1. The van der Waals surface area contributed by atoms with Gasteiger partial charge in [0.2, 0.25) is 5.91 Å². The summed E-state index contributed by atoms with van der Waals surface area (Å²) < 4.78 is 14.9. The molecule has 1 unspecified atom stereocenters. The number of aromatic nitrogens is 4. The van der Waals surface area contributed by atoms with E-state index in [9.17, 15) is 9.18 Å². The molecule has 138 valence electrons. The van der Waals surface area contributed by atoms with Crippen molar-refractivity contribution in [1.29, 1.82) is 0 Å². The van der Waals surface area contributed by atoms with Crippen molar-refractivity contribution in [1.82, 2.24) is 24.4 Å². The number of benzene rings is 1. The van der Waals surface area contributed by atoms with Crippen LogP contribution in [0.2, 0.25) is 0 Å². The van der Waals surface area contributed by atoms with E-state index in [1.807, 2.05) is 15.7 Å². The number of nitrogens with zero attached hydrogens (tertiary/aromatic N) is 5. The minimum Gasteiger partial charge on any atom is -0.342 e. The van der Waals surface area contributed by atoms with Gasteiger partial charge in [0.15, 0.2) is 5.82 Å². The van der Waals surface area contributed by atoms with Gasteiger partial charge in [0, 0.05) is 37.6 Å². The van der Waals surface area contributed by atoms with Crippen molar-refractivity contribution in [3.8, 4) is 5.82 Å². The molecule has 3 aromatic rings. The summed E-state index contributed by atoms with van der Waals surface area (Å²) in [7, 11) is 0. The fourth-order valence-corrected chi connectivity index (χ4v) is 3.42. The van der Waals surface area contributed by atoms with Crippen molar-refractivity contribution in [2.75, 3.05) is 13.1 Å². The average Bonchev–Trinajstić information content (AvgIpc) is 3.25. The van der Waals surface area contributed by atoms with E-state index >= 15 is 0 Å². The van der Waals surface area contributed by atoms with E-state index < -0.39 is 0 Å². The number of hydrogen-bond acceptors (Lipinski definition) is 4. The molecule has 1 aliphatic heterocycles. The van der Waals surface area contributed by atoms with Crippen LogP contribution in [0.4, 0.5) is 4.39 Å².